The zero-order valence-electron chi connectivity index (χ0n) is 11.4. The fourth-order valence-corrected chi connectivity index (χ4v) is 3.61. The lowest BCUT2D eigenvalue weighted by molar-refractivity contribution is -0.385. The van der Waals surface area contributed by atoms with Crippen molar-refractivity contribution in [2.45, 2.75) is 19.3 Å². The third-order valence-corrected chi connectivity index (χ3v) is 4.77. The molecule has 0 bridgehead atoms. The molecule has 1 saturated carbocycles. The van der Waals surface area contributed by atoms with E-state index in [0.29, 0.717) is 18.4 Å². The van der Waals surface area contributed by atoms with Gasteiger partial charge in [0.15, 0.2) is 0 Å². The number of nitro benzene ring substituents is 1. The zero-order valence-corrected chi connectivity index (χ0v) is 12.9. The second-order valence-electron chi connectivity index (χ2n) is 5.23. The first-order valence-electron chi connectivity index (χ1n) is 6.81. The van der Waals surface area contributed by atoms with Crippen LogP contribution in [0.5, 0.6) is 0 Å². The summed E-state index contributed by atoms with van der Waals surface area (Å²) in [5, 5.41) is 14.5. The number of nitrogens with one attached hydrogen (secondary N) is 1. The molecule has 21 heavy (non-hydrogen) atoms. The van der Waals surface area contributed by atoms with Crippen LogP contribution >= 0.6 is 15.9 Å². The molecule has 1 aromatic rings. The van der Waals surface area contributed by atoms with Crippen LogP contribution in [0.4, 0.5) is 10.1 Å². The van der Waals surface area contributed by atoms with Crippen LogP contribution in [0.1, 0.15) is 29.6 Å². The Morgan fingerprint density at radius 1 is 1.43 bits per heavy atom. The molecular weight excluding hydrogens is 343 g/mol. The van der Waals surface area contributed by atoms with Gasteiger partial charge in [0, 0.05) is 17.9 Å². The SMILES string of the molecule is O=C(NCC1CCCC1CBr)c1cc(F)ccc1[N+](=O)[O-]. The maximum atomic E-state index is 13.2. The number of amides is 1. The smallest absolute Gasteiger partial charge is 0.282 e. The number of alkyl halides is 1. The second kappa shape index (κ2) is 6.98. The van der Waals surface area contributed by atoms with Gasteiger partial charge >= 0.3 is 0 Å². The lowest BCUT2D eigenvalue weighted by Crippen LogP contribution is -2.31. The fourth-order valence-electron chi connectivity index (χ4n) is 2.75. The highest BCUT2D eigenvalue weighted by Gasteiger charge is 2.27. The number of hydrogen-bond acceptors (Lipinski definition) is 3. The van der Waals surface area contributed by atoms with Crippen LogP contribution in [0.15, 0.2) is 18.2 Å². The monoisotopic (exact) mass is 358 g/mol. The van der Waals surface area contributed by atoms with Crippen LogP contribution < -0.4 is 5.32 Å². The number of carbonyl (C=O) groups is 1. The van der Waals surface area contributed by atoms with Crippen molar-refractivity contribution >= 4 is 27.5 Å². The number of benzene rings is 1. The molecule has 114 valence electrons. The predicted octanol–water partition coefficient (Wildman–Crippen LogP) is 3.27. The predicted molar refractivity (Wildman–Crippen MR) is 80.0 cm³/mol. The van der Waals surface area contributed by atoms with Gasteiger partial charge < -0.3 is 5.32 Å². The van der Waals surface area contributed by atoms with Crippen LogP contribution in [0, 0.1) is 27.8 Å². The van der Waals surface area contributed by atoms with E-state index in [9.17, 15) is 19.3 Å². The van der Waals surface area contributed by atoms with Gasteiger partial charge in [-0.15, -0.1) is 0 Å². The molecule has 0 spiro atoms. The van der Waals surface area contributed by atoms with Crippen molar-refractivity contribution in [3.63, 3.8) is 0 Å². The topological polar surface area (TPSA) is 72.2 Å². The minimum absolute atomic E-state index is 0.228. The van der Waals surface area contributed by atoms with E-state index in [2.05, 4.69) is 21.2 Å². The van der Waals surface area contributed by atoms with Gasteiger partial charge in [0.2, 0.25) is 0 Å². The quantitative estimate of drug-likeness (QED) is 0.498. The Morgan fingerprint density at radius 3 is 2.81 bits per heavy atom. The summed E-state index contributed by atoms with van der Waals surface area (Å²) in [6.07, 6.45) is 3.27. The van der Waals surface area contributed by atoms with Crippen molar-refractivity contribution in [3.05, 3.63) is 39.7 Å². The van der Waals surface area contributed by atoms with Crippen LogP contribution in [0.25, 0.3) is 0 Å². The van der Waals surface area contributed by atoms with E-state index in [1.165, 1.54) is 0 Å². The van der Waals surface area contributed by atoms with Gasteiger partial charge in [-0.3, -0.25) is 14.9 Å². The molecule has 0 aromatic heterocycles. The number of nitro groups is 1. The number of halogens is 2. The molecule has 0 saturated heterocycles. The van der Waals surface area contributed by atoms with Gasteiger partial charge in [-0.25, -0.2) is 4.39 Å². The van der Waals surface area contributed by atoms with Gasteiger partial charge in [0.25, 0.3) is 11.6 Å². The highest BCUT2D eigenvalue weighted by atomic mass is 79.9. The lowest BCUT2D eigenvalue weighted by atomic mass is 9.98. The number of nitrogens with zero attached hydrogens (tertiary/aromatic N) is 1. The van der Waals surface area contributed by atoms with Crippen molar-refractivity contribution in [3.8, 4) is 0 Å². The van der Waals surface area contributed by atoms with Gasteiger partial charge in [0.1, 0.15) is 11.4 Å². The first-order chi connectivity index (χ1) is 10.0. The third-order valence-electron chi connectivity index (χ3n) is 3.94. The summed E-state index contributed by atoms with van der Waals surface area (Å²) in [6.45, 7) is 0.461. The van der Waals surface area contributed by atoms with Gasteiger partial charge in [-0.1, -0.05) is 22.4 Å². The van der Waals surface area contributed by atoms with Crippen LogP contribution in [0.2, 0.25) is 0 Å². The summed E-state index contributed by atoms with van der Waals surface area (Å²) in [5.74, 6) is -0.389. The van der Waals surface area contributed by atoms with Gasteiger partial charge in [-0.2, -0.15) is 0 Å². The Bertz CT molecular complexity index is 553. The zero-order chi connectivity index (χ0) is 15.4. The van der Waals surface area contributed by atoms with Crippen molar-refractivity contribution < 1.29 is 14.1 Å². The molecule has 2 rings (SSSR count). The fraction of sp³-hybridized carbons (Fsp3) is 0.500. The number of rotatable bonds is 5. The van der Waals surface area contributed by atoms with Crippen molar-refractivity contribution in [1.82, 2.24) is 5.32 Å². The average Bonchev–Trinajstić information content (AvgIpc) is 2.91. The summed E-state index contributed by atoms with van der Waals surface area (Å²) in [6, 6.07) is 2.90. The first-order valence-corrected chi connectivity index (χ1v) is 7.93. The second-order valence-corrected chi connectivity index (χ2v) is 5.88. The highest BCUT2D eigenvalue weighted by molar-refractivity contribution is 9.09. The highest BCUT2D eigenvalue weighted by Crippen LogP contribution is 2.32. The maximum absolute atomic E-state index is 13.2. The minimum atomic E-state index is -0.675. The molecule has 0 heterocycles. The van der Waals surface area contributed by atoms with Gasteiger partial charge in [-0.05, 0) is 36.8 Å². The third kappa shape index (κ3) is 3.78. The van der Waals surface area contributed by atoms with Crippen molar-refractivity contribution in [1.29, 1.82) is 0 Å². The number of carbonyl (C=O) groups excluding carboxylic acids is 1. The summed E-state index contributed by atoms with van der Waals surface area (Å²) < 4.78 is 13.2. The summed E-state index contributed by atoms with van der Waals surface area (Å²) in [4.78, 5) is 22.3. The Hall–Kier alpha value is -1.50. The van der Waals surface area contributed by atoms with Crippen LogP contribution in [-0.4, -0.2) is 22.7 Å². The Morgan fingerprint density at radius 2 is 2.14 bits per heavy atom. The molecule has 5 nitrogen and oxygen atoms in total. The normalized spacial score (nSPS) is 21.2. The van der Waals surface area contributed by atoms with E-state index in [0.717, 1.165) is 42.8 Å². The maximum Gasteiger partial charge on any atom is 0.282 e. The molecule has 1 aromatic carbocycles. The van der Waals surface area contributed by atoms with Crippen molar-refractivity contribution in [2.75, 3.05) is 11.9 Å². The standard InChI is InChI=1S/C14H16BrFN2O3/c15-7-9-2-1-3-10(9)8-17-14(19)12-6-11(16)4-5-13(12)18(20)21/h4-6,9-10H,1-3,7-8H2,(H,17,19). The minimum Gasteiger partial charge on any atom is -0.352 e. The van der Waals surface area contributed by atoms with E-state index < -0.39 is 16.6 Å². The molecular formula is C14H16BrFN2O3. The molecule has 1 aliphatic carbocycles. The molecule has 0 aliphatic heterocycles. The van der Waals surface area contributed by atoms with Crippen LogP contribution in [0.3, 0.4) is 0 Å². The van der Waals surface area contributed by atoms with E-state index in [4.69, 9.17) is 0 Å². The van der Waals surface area contributed by atoms with E-state index in [1.807, 2.05) is 0 Å². The molecule has 1 fully saturated rings. The molecule has 1 aliphatic rings. The van der Waals surface area contributed by atoms with E-state index >= 15 is 0 Å². The molecule has 2 unspecified atom stereocenters. The molecule has 0 radical (unpaired) electrons. The molecule has 1 N–H and O–H groups in total. The summed E-state index contributed by atoms with van der Waals surface area (Å²) in [5.41, 5.74) is -0.606. The summed E-state index contributed by atoms with van der Waals surface area (Å²) in [7, 11) is 0. The molecule has 7 heteroatoms. The first kappa shape index (κ1) is 15.9. The summed E-state index contributed by atoms with van der Waals surface area (Å²) >= 11 is 3.46. The lowest BCUT2D eigenvalue weighted by Gasteiger charge is -2.17. The molecule has 2 atom stereocenters. The van der Waals surface area contributed by atoms with Crippen molar-refractivity contribution in [2.24, 2.45) is 11.8 Å². The van der Waals surface area contributed by atoms with Gasteiger partial charge in [0.05, 0.1) is 4.92 Å². The molecule has 1 amide bonds. The van der Waals surface area contributed by atoms with E-state index in [1.54, 1.807) is 0 Å². The Kier molecular flexibility index (Phi) is 5.27. The number of hydrogen-bond donors (Lipinski definition) is 1. The largest absolute Gasteiger partial charge is 0.352 e. The van der Waals surface area contributed by atoms with Crippen LogP contribution in [-0.2, 0) is 0 Å². The Balaban J connectivity index is 2.06. The Labute approximate surface area is 130 Å². The average molecular weight is 359 g/mol. The van der Waals surface area contributed by atoms with E-state index in [-0.39, 0.29) is 11.3 Å².